The number of ether oxygens (including phenoxy) is 2. The van der Waals surface area contributed by atoms with Gasteiger partial charge in [-0.25, -0.2) is 0 Å². The first-order valence-corrected chi connectivity index (χ1v) is 7.93. The Morgan fingerprint density at radius 3 is 3.11 bits per heavy atom. The molecule has 0 spiro atoms. The number of Topliss-reactive ketones (excluding diaryl/α,β-unsaturated/α-hetero) is 1. The van der Waals surface area contributed by atoms with Crippen LogP contribution in [0.3, 0.4) is 0 Å². The minimum absolute atomic E-state index is 0.118. The fraction of sp³-hybridized carbons (Fsp3) is 0.500. The van der Waals surface area contributed by atoms with Crippen LogP contribution in [0.4, 0.5) is 0 Å². The highest BCUT2D eigenvalue weighted by atomic mass is 35.5. The minimum Gasteiger partial charge on any atom is -0.493 e. The molecule has 1 unspecified atom stereocenters. The zero-order chi connectivity index (χ0) is 13.2. The molecule has 0 N–H and O–H groups in total. The zero-order valence-electron chi connectivity index (χ0n) is 10.5. The average molecular weight is 299 g/mol. The number of benzene rings is 1. The summed E-state index contributed by atoms with van der Waals surface area (Å²) in [6, 6.07) is 3.75. The van der Waals surface area contributed by atoms with Crippen molar-refractivity contribution in [2.45, 2.75) is 18.9 Å². The summed E-state index contributed by atoms with van der Waals surface area (Å²) in [4.78, 5) is 12.2. The summed E-state index contributed by atoms with van der Waals surface area (Å²) < 4.78 is 11.1. The largest absolute Gasteiger partial charge is 0.493 e. The van der Waals surface area contributed by atoms with Crippen molar-refractivity contribution >= 4 is 29.1 Å². The molecule has 0 saturated carbocycles. The molecule has 1 aromatic rings. The smallest absolute Gasteiger partial charge is 0.166 e. The van der Waals surface area contributed by atoms with Gasteiger partial charge in [-0.2, -0.15) is 11.8 Å². The molecule has 3 nitrogen and oxygen atoms in total. The van der Waals surface area contributed by atoms with Gasteiger partial charge in [0, 0.05) is 34.9 Å². The van der Waals surface area contributed by atoms with E-state index < -0.39 is 0 Å². The molecule has 0 amide bonds. The topological polar surface area (TPSA) is 35.5 Å². The van der Waals surface area contributed by atoms with E-state index in [4.69, 9.17) is 21.1 Å². The van der Waals surface area contributed by atoms with Gasteiger partial charge in [0.05, 0.1) is 13.2 Å². The highest BCUT2D eigenvalue weighted by molar-refractivity contribution is 7.99. The summed E-state index contributed by atoms with van der Waals surface area (Å²) in [5.74, 6) is 2.69. The second kappa shape index (κ2) is 5.73. The molecule has 0 radical (unpaired) electrons. The molecule has 2 heterocycles. The highest BCUT2D eigenvalue weighted by Crippen LogP contribution is 2.33. The number of ketones is 1. The number of hydrogen-bond acceptors (Lipinski definition) is 4. The first-order valence-electron chi connectivity index (χ1n) is 6.40. The maximum absolute atomic E-state index is 12.2. The molecule has 2 aliphatic rings. The van der Waals surface area contributed by atoms with Crippen LogP contribution in [0.1, 0.15) is 11.1 Å². The van der Waals surface area contributed by atoms with Gasteiger partial charge in [-0.1, -0.05) is 11.6 Å². The third-order valence-corrected chi connectivity index (χ3v) is 4.58. The van der Waals surface area contributed by atoms with Crippen molar-refractivity contribution in [2.24, 2.45) is 0 Å². The van der Waals surface area contributed by atoms with Crippen molar-refractivity contribution < 1.29 is 14.3 Å². The Hall–Kier alpha value is -0.710. The van der Waals surface area contributed by atoms with E-state index in [1.807, 2.05) is 12.1 Å². The third-order valence-electron chi connectivity index (χ3n) is 3.37. The molecular weight excluding hydrogens is 284 g/mol. The van der Waals surface area contributed by atoms with Crippen molar-refractivity contribution in [3.8, 4) is 5.75 Å². The summed E-state index contributed by atoms with van der Waals surface area (Å²) in [5, 5.41) is 0.672. The Morgan fingerprint density at radius 1 is 1.42 bits per heavy atom. The maximum atomic E-state index is 12.2. The van der Waals surface area contributed by atoms with Crippen molar-refractivity contribution in [3.05, 3.63) is 28.3 Å². The first kappa shape index (κ1) is 13.3. The van der Waals surface area contributed by atoms with E-state index in [-0.39, 0.29) is 11.9 Å². The molecule has 1 saturated heterocycles. The second-order valence-electron chi connectivity index (χ2n) is 4.73. The summed E-state index contributed by atoms with van der Waals surface area (Å²) in [6.45, 7) is 1.33. The summed E-state index contributed by atoms with van der Waals surface area (Å²) in [6.07, 6.45) is 0.927. The van der Waals surface area contributed by atoms with Crippen LogP contribution in [0.5, 0.6) is 5.75 Å². The Morgan fingerprint density at radius 2 is 2.32 bits per heavy atom. The molecule has 0 aliphatic carbocycles. The molecule has 0 aromatic heterocycles. The molecule has 102 valence electrons. The molecule has 1 atom stereocenters. The van der Waals surface area contributed by atoms with Gasteiger partial charge in [0.15, 0.2) is 5.78 Å². The van der Waals surface area contributed by atoms with Gasteiger partial charge < -0.3 is 9.47 Å². The van der Waals surface area contributed by atoms with Gasteiger partial charge >= 0.3 is 0 Å². The average Bonchev–Trinajstić information content (AvgIpc) is 2.88. The number of halogens is 1. The van der Waals surface area contributed by atoms with Crippen LogP contribution >= 0.6 is 23.4 Å². The van der Waals surface area contributed by atoms with Crippen LogP contribution in [0.2, 0.25) is 5.02 Å². The van der Waals surface area contributed by atoms with Crippen molar-refractivity contribution in [2.75, 3.05) is 24.7 Å². The first-order chi connectivity index (χ1) is 9.24. The standard InChI is InChI=1S/C14H15ClO3S/c15-11-5-9-1-2-18-14(9)10(6-11)7-12(16)13-8-19-4-3-17-13/h5-6,13H,1-4,7-8H2. The number of thioether (sulfide) groups is 1. The van der Waals surface area contributed by atoms with Crippen LogP contribution < -0.4 is 4.74 Å². The lowest BCUT2D eigenvalue weighted by Gasteiger charge is -2.21. The predicted molar refractivity (Wildman–Crippen MR) is 76.4 cm³/mol. The van der Waals surface area contributed by atoms with E-state index in [1.165, 1.54) is 0 Å². The van der Waals surface area contributed by atoms with Gasteiger partial charge in [-0.15, -0.1) is 0 Å². The molecular formula is C14H15ClO3S. The highest BCUT2D eigenvalue weighted by Gasteiger charge is 2.25. The Kier molecular flexibility index (Phi) is 4.01. The van der Waals surface area contributed by atoms with E-state index in [0.29, 0.717) is 24.7 Å². The minimum atomic E-state index is -0.283. The zero-order valence-corrected chi connectivity index (χ0v) is 12.1. The van der Waals surface area contributed by atoms with Crippen molar-refractivity contribution in [1.82, 2.24) is 0 Å². The summed E-state index contributed by atoms with van der Waals surface area (Å²) in [5.41, 5.74) is 2.00. The molecule has 0 bridgehead atoms. The van der Waals surface area contributed by atoms with Crippen LogP contribution in [0, 0.1) is 0 Å². The number of hydrogen-bond donors (Lipinski definition) is 0. The van der Waals surface area contributed by atoms with E-state index >= 15 is 0 Å². The van der Waals surface area contributed by atoms with Crippen LogP contribution in [-0.4, -0.2) is 36.6 Å². The number of rotatable bonds is 3. The van der Waals surface area contributed by atoms with Crippen molar-refractivity contribution in [1.29, 1.82) is 0 Å². The van der Waals surface area contributed by atoms with Gasteiger partial charge in [-0.3, -0.25) is 4.79 Å². The van der Waals surface area contributed by atoms with Gasteiger partial charge in [0.1, 0.15) is 11.9 Å². The Bertz CT molecular complexity index is 498. The lowest BCUT2D eigenvalue weighted by atomic mass is 10.0. The van der Waals surface area contributed by atoms with Gasteiger partial charge in [0.2, 0.25) is 0 Å². The van der Waals surface area contributed by atoms with E-state index in [0.717, 1.165) is 34.8 Å². The monoisotopic (exact) mass is 298 g/mol. The lowest BCUT2D eigenvalue weighted by molar-refractivity contribution is -0.128. The van der Waals surface area contributed by atoms with Crippen LogP contribution in [0.25, 0.3) is 0 Å². The normalized spacial score (nSPS) is 21.8. The Balaban J connectivity index is 1.77. The van der Waals surface area contributed by atoms with Crippen LogP contribution in [0.15, 0.2) is 12.1 Å². The second-order valence-corrected chi connectivity index (χ2v) is 6.32. The van der Waals surface area contributed by atoms with Gasteiger partial charge in [-0.05, 0) is 17.7 Å². The van der Waals surface area contributed by atoms with E-state index in [2.05, 4.69) is 0 Å². The molecule has 5 heteroatoms. The van der Waals surface area contributed by atoms with Crippen molar-refractivity contribution in [3.63, 3.8) is 0 Å². The number of carbonyl (C=O) groups is 1. The summed E-state index contributed by atoms with van der Waals surface area (Å²) in [7, 11) is 0. The number of carbonyl (C=O) groups excluding carboxylic acids is 1. The van der Waals surface area contributed by atoms with Gasteiger partial charge in [0.25, 0.3) is 0 Å². The molecule has 1 aromatic carbocycles. The third kappa shape index (κ3) is 2.91. The van der Waals surface area contributed by atoms with E-state index in [1.54, 1.807) is 11.8 Å². The SMILES string of the molecule is O=C(Cc1cc(Cl)cc2c1OCC2)C1CSCCO1. The number of fused-ring (bicyclic) bond motifs is 1. The fourth-order valence-electron chi connectivity index (χ4n) is 2.45. The summed E-state index contributed by atoms with van der Waals surface area (Å²) >= 11 is 7.86. The predicted octanol–water partition coefficient (Wildman–Crippen LogP) is 2.52. The van der Waals surface area contributed by atoms with Crippen LogP contribution in [-0.2, 0) is 22.4 Å². The fourth-order valence-corrected chi connectivity index (χ4v) is 3.59. The van der Waals surface area contributed by atoms with E-state index in [9.17, 15) is 4.79 Å². The quantitative estimate of drug-likeness (QED) is 0.859. The molecule has 19 heavy (non-hydrogen) atoms. The molecule has 1 fully saturated rings. The maximum Gasteiger partial charge on any atom is 0.166 e. The molecule has 3 rings (SSSR count). The molecule has 2 aliphatic heterocycles. The lowest BCUT2D eigenvalue weighted by Crippen LogP contribution is -2.32. The Labute approximate surface area is 121 Å².